The maximum atomic E-state index is 13.2. The van der Waals surface area contributed by atoms with Gasteiger partial charge in [0.05, 0.1) is 22.6 Å². The van der Waals surface area contributed by atoms with Crippen LogP contribution in [0.5, 0.6) is 0 Å². The maximum Gasteiger partial charge on any atom is 0.267 e. The predicted molar refractivity (Wildman–Crippen MR) is 98.6 cm³/mol. The first kappa shape index (κ1) is 18.1. The van der Waals surface area contributed by atoms with Gasteiger partial charge in [0.2, 0.25) is 0 Å². The molecule has 2 aromatic rings. The number of hydrogen-bond acceptors (Lipinski definition) is 4. The van der Waals surface area contributed by atoms with Gasteiger partial charge in [0.25, 0.3) is 5.91 Å². The fraction of sp³-hybridized carbons (Fsp3) is 0.278. The highest BCUT2D eigenvalue weighted by Gasteiger charge is 2.18. The number of nitrogens with zero attached hydrogens (tertiary/aromatic N) is 3. The Morgan fingerprint density at radius 2 is 2.31 bits per heavy atom. The molecule has 1 aliphatic rings. The van der Waals surface area contributed by atoms with Gasteiger partial charge in [0, 0.05) is 19.6 Å². The molecule has 2 heterocycles. The highest BCUT2D eigenvalue weighted by Crippen LogP contribution is 2.19. The number of nitrogens with one attached hydrogen (secondary N) is 1. The molecule has 0 radical (unpaired) electrons. The third-order valence-corrected chi connectivity index (χ3v) is 4.27. The van der Waals surface area contributed by atoms with E-state index in [0.29, 0.717) is 42.5 Å². The summed E-state index contributed by atoms with van der Waals surface area (Å²) in [4.78, 5) is 16.7. The second kappa shape index (κ2) is 8.14. The number of allylic oxidation sites excluding steroid dienone is 1. The van der Waals surface area contributed by atoms with Crippen molar-refractivity contribution >= 4 is 23.2 Å². The van der Waals surface area contributed by atoms with Crippen molar-refractivity contribution in [3.63, 3.8) is 0 Å². The predicted octanol–water partition coefficient (Wildman–Crippen LogP) is 2.07. The third kappa shape index (κ3) is 4.29. The van der Waals surface area contributed by atoms with Crippen LogP contribution in [0.4, 0.5) is 4.39 Å². The highest BCUT2D eigenvalue weighted by molar-refractivity contribution is 6.34. The zero-order chi connectivity index (χ0) is 18.5. The van der Waals surface area contributed by atoms with Crippen molar-refractivity contribution in [3.8, 4) is 0 Å². The zero-order valence-electron chi connectivity index (χ0n) is 14.1. The Balaban J connectivity index is 1.65. The van der Waals surface area contributed by atoms with E-state index in [1.54, 1.807) is 23.0 Å². The first-order chi connectivity index (χ1) is 12.5. The van der Waals surface area contributed by atoms with Crippen LogP contribution in [0.2, 0.25) is 5.02 Å². The smallest absolute Gasteiger partial charge is 0.267 e. The SMILES string of the molecule is NC(=CC1=NCCCn2ncc(Cl)c21)C(=O)NCCc1cccc(F)c1. The molecular weight excluding hydrogens is 357 g/mol. The number of nitrogens with two attached hydrogens (primary N) is 1. The van der Waals surface area contributed by atoms with Gasteiger partial charge in [-0.05, 0) is 36.6 Å². The molecule has 1 aromatic carbocycles. The van der Waals surface area contributed by atoms with Crippen molar-refractivity contribution in [1.82, 2.24) is 15.1 Å². The van der Waals surface area contributed by atoms with Crippen LogP contribution in [-0.4, -0.2) is 34.5 Å². The molecule has 8 heteroatoms. The number of amides is 1. The number of benzene rings is 1. The number of rotatable bonds is 5. The third-order valence-electron chi connectivity index (χ3n) is 3.99. The molecule has 0 atom stereocenters. The molecule has 0 saturated heterocycles. The standard InChI is InChI=1S/C18H19ClFN5O/c19-14-11-24-25-8-2-6-22-16(17(14)25)10-15(21)18(26)23-7-5-12-3-1-4-13(20)9-12/h1,3-4,9-11H,2,5-8,21H2,(H,23,26). The fourth-order valence-corrected chi connectivity index (χ4v) is 2.96. The lowest BCUT2D eigenvalue weighted by atomic mass is 10.1. The van der Waals surface area contributed by atoms with E-state index in [1.807, 2.05) is 0 Å². The molecule has 136 valence electrons. The number of aryl methyl sites for hydroxylation is 1. The van der Waals surface area contributed by atoms with Gasteiger partial charge in [0.1, 0.15) is 11.5 Å². The number of halogens is 2. The van der Waals surface area contributed by atoms with Gasteiger partial charge in [-0.2, -0.15) is 5.10 Å². The lowest BCUT2D eigenvalue weighted by Gasteiger charge is -2.07. The molecular formula is C18H19ClFN5O. The van der Waals surface area contributed by atoms with Crippen molar-refractivity contribution in [3.05, 3.63) is 64.3 Å². The molecule has 6 nitrogen and oxygen atoms in total. The topological polar surface area (TPSA) is 85.3 Å². The maximum absolute atomic E-state index is 13.2. The van der Waals surface area contributed by atoms with Gasteiger partial charge in [-0.15, -0.1) is 0 Å². The number of carbonyl (C=O) groups is 1. The Labute approximate surface area is 155 Å². The number of aromatic nitrogens is 2. The van der Waals surface area contributed by atoms with Gasteiger partial charge >= 0.3 is 0 Å². The number of carbonyl (C=O) groups excluding carboxylic acids is 1. The lowest BCUT2D eigenvalue weighted by molar-refractivity contribution is -0.117. The molecule has 1 aliphatic heterocycles. The number of hydrogen-bond donors (Lipinski definition) is 2. The van der Waals surface area contributed by atoms with E-state index in [1.165, 1.54) is 18.2 Å². The summed E-state index contributed by atoms with van der Waals surface area (Å²) in [7, 11) is 0. The zero-order valence-corrected chi connectivity index (χ0v) is 14.8. The molecule has 3 rings (SSSR count). The van der Waals surface area contributed by atoms with Gasteiger partial charge in [-0.3, -0.25) is 14.5 Å². The number of aliphatic imine (C=N–C) groups is 1. The summed E-state index contributed by atoms with van der Waals surface area (Å²) >= 11 is 6.19. The van der Waals surface area contributed by atoms with Crippen LogP contribution in [0.3, 0.4) is 0 Å². The normalized spacial score (nSPS) is 14.4. The summed E-state index contributed by atoms with van der Waals surface area (Å²) in [5.41, 5.74) is 7.96. The van der Waals surface area contributed by atoms with Crippen LogP contribution in [0, 0.1) is 5.82 Å². The van der Waals surface area contributed by atoms with Crippen LogP contribution in [0.25, 0.3) is 0 Å². The minimum Gasteiger partial charge on any atom is -0.394 e. The summed E-state index contributed by atoms with van der Waals surface area (Å²) in [5, 5.41) is 7.41. The Bertz CT molecular complexity index is 874. The number of fused-ring (bicyclic) bond motifs is 1. The average molecular weight is 376 g/mol. The van der Waals surface area contributed by atoms with Gasteiger partial charge in [0.15, 0.2) is 0 Å². The molecule has 0 saturated carbocycles. The van der Waals surface area contributed by atoms with Crippen molar-refractivity contribution in [2.75, 3.05) is 13.1 Å². The van der Waals surface area contributed by atoms with E-state index in [4.69, 9.17) is 17.3 Å². The van der Waals surface area contributed by atoms with Crippen molar-refractivity contribution in [1.29, 1.82) is 0 Å². The van der Waals surface area contributed by atoms with Crippen LogP contribution in [0.1, 0.15) is 17.7 Å². The Morgan fingerprint density at radius 3 is 3.12 bits per heavy atom. The lowest BCUT2D eigenvalue weighted by Crippen LogP contribution is -2.31. The molecule has 0 unspecified atom stereocenters. The van der Waals surface area contributed by atoms with Gasteiger partial charge < -0.3 is 11.1 Å². The van der Waals surface area contributed by atoms with E-state index in [2.05, 4.69) is 15.4 Å². The summed E-state index contributed by atoms with van der Waals surface area (Å²) < 4.78 is 14.9. The van der Waals surface area contributed by atoms with Crippen LogP contribution in [-0.2, 0) is 17.8 Å². The van der Waals surface area contributed by atoms with E-state index in [9.17, 15) is 9.18 Å². The molecule has 1 aromatic heterocycles. The van der Waals surface area contributed by atoms with E-state index in [0.717, 1.165) is 12.0 Å². The molecule has 0 fully saturated rings. The summed E-state index contributed by atoms with van der Waals surface area (Å²) in [5.74, 6) is -0.705. The first-order valence-corrected chi connectivity index (χ1v) is 8.68. The summed E-state index contributed by atoms with van der Waals surface area (Å²) in [6.07, 6.45) is 4.42. The minimum atomic E-state index is -0.407. The highest BCUT2D eigenvalue weighted by atomic mass is 35.5. The summed E-state index contributed by atoms with van der Waals surface area (Å²) in [6.45, 7) is 1.67. The molecule has 26 heavy (non-hydrogen) atoms. The van der Waals surface area contributed by atoms with Gasteiger partial charge in [-0.25, -0.2) is 4.39 Å². The van der Waals surface area contributed by atoms with E-state index in [-0.39, 0.29) is 11.5 Å². The monoisotopic (exact) mass is 375 g/mol. The van der Waals surface area contributed by atoms with Crippen LogP contribution >= 0.6 is 11.6 Å². The van der Waals surface area contributed by atoms with E-state index >= 15 is 0 Å². The Kier molecular flexibility index (Phi) is 5.68. The fourth-order valence-electron chi connectivity index (χ4n) is 2.72. The largest absolute Gasteiger partial charge is 0.394 e. The average Bonchev–Trinajstić information content (AvgIpc) is 2.85. The van der Waals surface area contributed by atoms with Crippen LogP contribution in [0.15, 0.2) is 47.2 Å². The second-order valence-corrected chi connectivity index (χ2v) is 6.33. The Hall–Kier alpha value is -2.67. The van der Waals surface area contributed by atoms with E-state index < -0.39 is 5.91 Å². The minimum absolute atomic E-state index is 0.0358. The first-order valence-electron chi connectivity index (χ1n) is 8.30. The quantitative estimate of drug-likeness (QED) is 0.784. The molecule has 1 amide bonds. The second-order valence-electron chi connectivity index (χ2n) is 5.92. The Morgan fingerprint density at radius 1 is 1.46 bits per heavy atom. The van der Waals surface area contributed by atoms with Crippen molar-refractivity contribution < 1.29 is 9.18 Å². The molecule has 3 N–H and O–H groups in total. The van der Waals surface area contributed by atoms with Crippen LogP contribution < -0.4 is 11.1 Å². The van der Waals surface area contributed by atoms with Gasteiger partial charge in [-0.1, -0.05) is 23.7 Å². The molecule has 0 bridgehead atoms. The van der Waals surface area contributed by atoms with Crippen molar-refractivity contribution in [2.24, 2.45) is 10.7 Å². The summed E-state index contributed by atoms with van der Waals surface area (Å²) in [6, 6.07) is 6.26. The molecule has 0 spiro atoms. The molecule has 0 aliphatic carbocycles. The van der Waals surface area contributed by atoms with Crippen molar-refractivity contribution in [2.45, 2.75) is 19.4 Å².